The topological polar surface area (TPSA) is 47.6 Å². The van der Waals surface area contributed by atoms with Gasteiger partial charge in [-0.05, 0) is 29.8 Å². The van der Waals surface area contributed by atoms with Crippen LogP contribution in [0.2, 0.25) is 0 Å². The van der Waals surface area contributed by atoms with Crippen molar-refractivity contribution in [3.63, 3.8) is 0 Å². The molecule has 0 heterocycles. The SMILES string of the molecule is COc1ccc(C(CNC(C)=O)Sc2ccccc2)cc1OC. The molecular weight excluding hydrogens is 310 g/mol. The van der Waals surface area contributed by atoms with Crippen LogP contribution in [0, 0.1) is 0 Å². The van der Waals surface area contributed by atoms with Crippen molar-refractivity contribution in [2.24, 2.45) is 0 Å². The van der Waals surface area contributed by atoms with E-state index >= 15 is 0 Å². The highest BCUT2D eigenvalue weighted by Gasteiger charge is 2.16. The lowest BCUT2D eigenvalue weighted by molar-refractivity contribution is -0.118. The predicted molar refractivity (Wildman–Crippen MR) is 93.3 cm³/mol. The van der Waals surface area contributed by atoms with Crippen molar-refractivity contribution in [3.8, 4) is 11.5 Å². The molecule has 0 aromatic heterocycles. The van der Waals surface area contributed by atoms with Crippen molar-refractivity contribution in [1.29, 1.82) is 0 Å². The van der Waals surface area contributed by atoms with Crippen LogP contribution in [0.4, 0.5) is 0 Å². The second-order valence-electron chi connectivity index (χ2n) is 4.97. The summed E-state index contributed by atoms with van der Waals surface area (Å²) in [5.41, 5.74) is 1.07. The smallest absolute Gasteiger partial charge is 0.216 e. The average molecular weight is 331 g/mol. The Kier molecular flexibility index (Phi) is 6.35. The van der Waals surface area contributed by atoms with Crippen LogP contribution in [-0.2, 0) is 4.79 Å². The normalized spacial score (nSPS) is 11.6. The highest BCUT2D eigenvalue weighted by Crippen LogP contribution is 2.38. The zero-order chi connectivity index (χ0) is 16.7. The zero-order valence-electron chi connectivity index (χ0n) is 13.5. The molecule has 1 atom stereocenters. The van der Waals surface area contributed by atoms with Gasteiger partial charge >= 0.3 is 0 Å². The van der Waals surface area contributed by atoms with Crippen LogP contribution in [0.5, 0.6) is 11.5 Å². The molecule has 0 aliphatic rings. The molecule has 0 spiro atoms. The third kappa shape index (κ3) is 4.93. The Morgan fingerprint density at radius 2 is 1.78 bits per heavy atom. The highest BCUT2D eigenvalue weighted by molar-refractivity contribution is 7.99. The van der Waals surface area contributed by atoms with Gasteiger partial charge in [-0.2, -0.15) is 0 Å². The molecule has 0 bridgehead atoms. The van der Waals surface area contributed by atoms with Crippen LogP contribution in [0.1, 0.15) is 17.7 Å². The molecule has 2 aromatic rings. The van der Waals surface area contributed by atoms with Crippen LogP contribution < -0.4 is 14.8 Å². The third-order valence-electron chi connectivity index (χ3n) is 3.34. The van der Waals surface area contributed by atoms with Gasteiger partial charge in [0.15, 0.2) is 11.5 Å². The zero-order valence-corrected chi connectivity index (χ0v) is 14.4. The van der Waals surface area contributed by atoms with E-state index in [0.29, 0.717) is 18.0 Å². The first kappa shape index (κ1) is 17.2. The van der Waals surface area contributed by atoms with E-state index in [9.17, 15) is 4.79 Å². The van der Waals surface area contributed by atoms with Gasteiger partial charge in [-0.25, -0.2) is 0 Å². The minimum absolute atomic E-state index is 0.0378. The maximum atomic E-state index is 11.3. The van der Waals surface area contributed by atoms with Gasteiger partial charge in [0.2, 0.25) is 5.91 Å². The van der Waals surface area contributed by atoms with E-state index in [4.69, 9.17) is 9.47 Å². The summed E-state index contributed by atoms with van der Waals surface area (Å²) >= 11 is 1.71. The molecule has 1 N–H and O–H groups in total. The first-order valence-corrected chi connectivity index (χ1v) is 8.20. The summed E-state index contributed by atoms with van der Waals surface area (Å²) in [7, 11) is 3.24. The molecule has 0 aliphatic carbocycles. The maximum Gasteiger partial charge on any atom is 0.216 e. The monoisotopic (exact) mass is 331 g/mol. The second-order valence-corrected chi connectivity index (χ2v) is 6.25. The molecule has 23 heavy (non-hydrogen) atoms. The van der Waals surface area contributed by atoms with Gasteiger partial charge in [0.05, 0.1) is 19.5 Å². The molecule has 2 rings (SSSR count). The lowest BCUT2D eigenvalue weighted by Crippen LogP contribution is -2.24. The summed E-state index contributed by atoms with van der Waals surface area (Å²) in [5, 5.41) is 2.98. The van der Waals surface area contributed by atoms with Gasteiger partial charge < -0.3 is 14.8 Å². The van der Waals surface area contributed by atoms with E-state index in [-0.39, 0.29) is 11.2 Å². The quantitative estimate of drug-likeness (QED) is 0.786. The number of rotatable bonds is 7. The largest absolute Gasteiger partial charge is 0.493 e. The number of benzene rings is 2. The standard InChI is InChI=1S/C18H21NO3S/c1-13(20)19-12-18(23-15-7-5-4-6-8-15)14-9-10-16(21-2)17(11-14)22-3/h4-11,18H,12H2,1-3H3,(H,19,20). The van der Waals surface area contributed by atoms with Gasteiger partial charge in [0.25, 0.3) is 0 Å². The Balaban J connectivity index is 2.26. The number of carbonyl (C=O) groups excluding carboxylic acids is 1. The molecule has 1 unspecified atom stereocenters. The minimum Gasteiger partial charge on any atom is -0.493 e. The van der Waals surface area contributed by atoms with E-state index < -0.39 is 0 Å². The van der Waals surface area contributed by atoms with Crippen LogP contribution in [0.15, 0.2) is 53.4 Å². The highest BCUT2D eigenvalue weighted by atomic mass is 32.2. The van der Waals surface area contributed by atoms with Gasteiger partial charge in [-0.15, -0.1) is 11.8 Å². The summed E-state index contributed by atoms with van der Waals surface area (Å²) < 4.78 is 10.7. The fourth-order valence-corrected chi connectivity index (χ4v) is 3.27. The number of methoxy groups -OCH3 is 2. The van der Waals surface area contributed by atoms with Crippen molar-refractivity contribution in [2.75, 3.05) is 20.8 Å². The Labute approximate surface area is 141 Å². The number of nitrogens with one attached hydrogen (secondary N) is 1. The summed E-state index contributed by atoms with van der Waals surface area (Å²) in [6.07, 6.45) is 0. The van der Waals surface area contributed by atoms with Gasteiger partial charge in [-0.1, -0.05) is 24.3 Å². The van der Waals surface area contributed by atoms with Crippen LogP contribution in [0.25, 0.3) is 0 Å². The van der Waals surface area contributed by atoms with E-state index in [1.54, 1.807) is 26.0 Å². The van der Waals surface area contributed by atoms with Crippen LogP contribution in [-0.4, -0.2) is 26.7 Å². The molecule has 2 aromatic carbocycles. The molecule has 122 valence electrons. The lowest BCUT2D eigenvalue weighted by atomic mass is 10.1. The van der Waals surface area contributed by atoms with Crippen LogP contribution >= 0.6 is 11.8 Å². The molecule has 5 heteroatoms. The van der Waals surface area contributed by atoms with Gasteiger partial charge in [0, 0.05) is 18.4 Å². The van der Waals surface area contributed by atoms with Crippen molar-refractivity contribution >= 4 is 17.7 Å². The van der Waals surface area contributed by atoms with Crippen molar-refractivity contribution in [3.05, 3.63) is 54.1 Å². The lowest BCUT2D eigenvalue weighted by Gasteiger charge is -2.19. The molecular formula is C18H21NO3S. The first-order valence-electron chi connectivity index (χ1n) is 7.32. The number of ether oxygens (including phenoxy) is 2. The second kappa shape index (κ2) is 8.48. The first-order chi connectivity index (χ1) is 11.1. The van der Waals surface area contributed by atoms with Crippen LogP contribution in [0.3, 0.4) is 0 Å². The number of amides is 1. The van der Waals surface area contributed by atoms with E-state index in [1.165, 1.54) is 6.92 Å². The van der Waals surface area contributed by atoms with Crippen molar-refractivity contribution < 1.29 is 14.3 Å². The molecule has 0 radical (unpaired) electrons. The molecule has 0 aliphatic heterocycles. The maximum absolute atomic E-state index is 11.3. The number of carbonyl (C=O) groups is 1. The minimum atomic E-state index is -0.0378. The fraction of sp³-hybridized carbons (Fsp3) is 0.278. The van der Waals surface area contributed by atoms with Gasteiger partial charge in [0.1, 0.15) is 0 Å². The summed E-state index contributed by atoms with van der Waals surface area (Å²) in [4.78, 5) is 12.4. The van der Waals surface area contributed by atoms with E-state index in [2.05, 4.69) is 17.4 Å². The Morgan fingerprint density at radius 3 is 2.39 bits per heavy atom. The summed E-state index contributed by atoms with van der Waals surface area (Å²) in [6.45, 7) is 2.07. The van der Waals surface area contributed by atoms with E-state index in [0.717, 1.165) is 10.5 Å². The Hall–Kier alpha value is -2.14. The van der Waals surface area contributed by atoms with Crippen molar-refractivity contribution in [1.82, 2.24) is 5.32 Å². The Bertz CT molecular complexity index is 646. The molecule has 0 fully saturated rings. The van der Waals surface area contributed by atoms with E-state index in [1.807, 2.05) is 36.4 Å². The van der Waals surface area contributed by atoms with Crippen molar-refractivity contribution in [2.45, 2.75) is 17.1 Å². The number of thioether (sulfide) groups is 1. The summed E-state index contributed by atoms with van der Waals surface area (Å²) in [6, 6.07) is 16.0. The average Bonchev–Trinajstić information content (AvgIpc) is 2.58. The number of hydrogen-bond donors (Lipinski definition) is 1. The molecule has 0 saturated carbocycles. The molecule has 0 saturated heterocycles. The number of hydrogen-bond acceptors (Lipinski definition) is 4. The van der Waals surface area contributed by atoms with Gasteiger partial charge in [-0.3, -0.25) is 4.79 Å². The molecule has 4 nitrogen and oxygen atoms in total. The summed E-state index contributed by atoms with van der Waals surface area (Å²) in [5.74, 6) is 1.34. The fourth-order valence-electron chi connectivity index (χ4n) is 2.18. The Morgan fingerprint density at radius 1 is 1.09 bits per heavy atom. The predicted octanol–water partition coefficient (Wildman–Crippen LogP) is 3.67. The molecule has 1 amide bonds. The third-order valence-corrected chi connectivity index (χ3v) is 4.61.